The number of imide groups is 1. The first-order valence-electron chi connectivity index (χ1n) is 11.1. The Hall–Kier alpha value is -3.46. The number of aromatic nitrogens is 1. The first-order chi connectivity index (χ1) is 16.0. The topological polar surface area (TPSA) is 83.0 Å². The van der Waals surface area contributed by atoms with Crippen molar-refractivity contribution in [1.29, 1.82) is 0 Å². The van der Waals surface area contributed by atoms with Crippen LogP contribution < -0.4 is 14.5 Å². The Morgan fingerprint density at radius 2 is 1.70 bits per heavy atom. The van der Waals surface area contributed by atoms with Crippen LogP contribution in [0.2, 0.25) is 0 Å². The molecule has 1 aromatic heterocycles. The van der Waals surface area contributed by atoms with Gasteiger partial charge in [-0.2, -0.15) is 0 Å². The zero-order valence-corrected chi connectivity index (χ0v) is 19.1. The van der Waals surface area contributed by atoms with Gasteiger partial charge in [-0.3, -0.25) is 19.3 Å². The van der Waals surface area contributed by atoms with Crippen LogP contribution in [0.25, 0.3) is 10.2 Å². The lowest BCUT2D eigenvalue weighted by Gasteiger charge is -2.34. The quantitative estimate of drug-likeness (QED) is 0.539. The Labute approximate surface area is 195 Å². The molecule has 0 saturated carbocycles. The van der Waals surface area contributed by atoms with Gasteiger partial charge in [0.15, 0.2) is 5.13 Å². The molecule has 0 N–H and O–H groups in total. The van der Waals surface area contributed by atoms with E-state index in [0.29, 0.717) is 44.0 Å². The van der Waals surface area contributed by atoms with Gasteiger partial charge in [-0.15, -0.1) is 0 Å². The number of nitrogens with zero attached hydrogens (tertiary/aromatic N) is 4. The van der Waals surface area contributed by atoms with E-state index >= 15 is 0 Å². The number of anilines is 2. The summed E-state index contributed by atoms with van der Waals surface area (Å²) in [6.45, 7) is 5.14. The lowest BCUT2D eigenvalue weighted by molar-refractivity contribution is -0.121. The maximum Gasteiger partial charge on any atom is 0.253 e. The maximum absolute atomic E-state index is 13.0. The van der Waals surface area contributed by atoms with Gasteiger partial charge in [-0.25, -0.2) is 4.98 Å². The first kappa shape index (κ1) is 21.4. The number of para-hydroxylation sites is 1. The molecule has 2 aromatic carbocycles. The van der Waals surface area contributed by atoms with Crippen molar-refractivity contribution in [3.8, 4) is 5.75 Å². The van der Waals surface area contributed by atoms with Crippen LogP contribution >= 0.6 is 11.3 Å². The van der Waals surface area contributed by atoms with Crippen LogP contribution in [0, 0.1) is 0 Å². The lowest BCUT2D eigenvalue weighted by Crippen LogP contribution is -2.48. The molecule has 0 aliphatic carbocycles. The molecule has 3 amide bonds. The van der Waals surface area contributed by atoms with E-state index in [-0.39, 0.29) is 30.6 Å². The minimum Gasteiger partial charge on any atom is -0.492 e. The second-order valence-corrected chi connectivity index (χ2v) is 8.99. The number of hydrogen-bond acceptors (Lipinski definition) is 7. The third kappa shape index (κ3) is 4.04. The van der Waals surface area contributed by atoms with Gasteiger partial charge in [0.1, 0.15) is 11.3 Å². The van der Waals surface area contributed by atoms with E-state index in [2.05, 4.69) is 4.90 Å². The predicted octanol–water partition coefficient (Wildman–Crippen LogP) is 3.31. The largest absolute Gasteiger partial charge is 0.492 e. The number of carbonyl (C=O) groups excluding carboxylic acids is 3. The van der Waals surface area contributed by atoms with Crippen molar-refractivity contribution in [2.75, 3.05) is 42.6 Å². The smallest absolute Gasteiger partial charge is 0.253 e. The molecular weight excluding hydrogens is 440 g/mol. The molecule has 0 radical (unpaired) electrons. The van der Waals surface area contributed by atoms with Crippen molar-refractivity contribution in [2.24, 2.45) is 0 Å². The highest BCUT2D eigenvalue weighted by Gasteiger charge is 2.30. The SMILES string of the molecule is CCOc1cccc2sc(N3CCN(C(=O)c4ccc(N5C(=O)CCC5=O)cc4)CC3)nc12. The van der Waals surface area contributed by atoms with E-state index in [9.17, 15) is 14.4 Å². The number of ether oxygens (including phenoxy) is 1. The monoisotopic (exact) mass is 464 g/mol. The molecule has 0 unspecified atom stereocenters. The van der Waals surface area contributed by atoms with E-state index < -0.39 is 0 Å². The fourth-order valence-corrected chi connectivity index (χ4v) is 5.25. The van der Waals surface area contributed by atoms with Crippen LogP contribution in [-0.4, -0.2) is 60.4 Å². The molecule has 170 valence electrons. The molecule has 3 aromatic rings. The van der Waals surface area contributed by atoms with Crippen LogP contribution in [0.4, 0.5) is 10.8 Å². The van der Waals surface area contributed by atoms with Crippen molar-refractivity contribution >= 4 is 50.1 Å². The number of thiazole rings is 1. The molecular formula is C24H24N4O4S. The highest BCUT2D eigenvalue weighted by molar-refractivity contribution is 7.22. The molecule has 0 atom stereocenters. The predicted molar refractivity (Wildman–Crippen MR) is 127 cm³/mol. The van der Waals surface area contributed by atoms with Crippen LogP contribution in [0.3, 0.4) is 0 Å². The van der Waals surface area contributed by atoms with Crippen molar-refractivity contribution in [1.82, 2.24) is 9.88 Å². The van der Waals surface area contributed by atoms with Gasteiger partial charge in [0.25, 0.3) is 5.91 Å². The van der Waals surface area contributed by atoms with Gasteiger partial charge in [0, 0.05) is 44.6 Å². The summed E-state index contributed by atoms with van der Waals surface area (Å²) in [5.41, 5.74) is 1.95. The van der Waals surface area contributed by atoms with Crippen molar-refractivity contribution in [2.45, 2.75) is 19.8 Å². The summed E-state index contributed by atoms with van der Waals surface area (Å²) in [6, 6.07) is 12.7. The maximum atomic E-state index is 13.0. The average molecular weight is 465 g/mol. The molecule has 2 fully saturated rings. The van der Waals surface area contributed by atoms with Crippen LogP contribution in [0.5, 0.6) is 5.75 Å². The first-order valence-corrected chi connectivity index (χ1v) is 11.9. The molecule has 33 heavy (non-hydrogen) atoms. The standard InChI is InChI=1S/C24H24N4O4S/c1-2-32-18-4-3-5-19-22(18)25-24(33-19)27-14-12-26(13-15-27)23(31)16-6-8-17(9-7-16)28-20(29)10-11-21(28)30/h3-9H,2,10-15H2,1H3. The third-order valence-electron chi connectivity index (χ3n) is 5.93. The number of hydrogen-bond donors (Lipinski definition) is 0. The summed E-state index contributed by atoms with van der Waals surface area (Å²) in [6.07, 6.45) is 0.483. The minimum atomic E-state index is -0.196. The van der Waals surface area contributed by atoms with Crippen LogP contribution in [-0.2, 0) is 9.59 Å². The zero-order chi connectivity index (χ0) is 22.9. The summed E-state index contributed by atoms with van der Waals surface area (Å²) in [5, 5.41) is 0.938. The fraction of sp³-hybridized carbons (Fsp3) is 0.333. The molecule has 9 heteroatoms. The van der Waals surface area contributed by atoms with Crippen molar-refractivity contribution < 1.29 is 19.1 Å². The average Bonchev–Trinajstić information content (AvgIpc) is 3.43. The van der Waals surface area contributed by atoms with Gasteiger partial charge in [-0.05, 0) is 43.3 Å². The third-order valence-corrected chi connectivity index (χ3v) is 7.01. The van der Waals surface area contributed by atoms with Gasteiger partial charge >= 0.3 is 0 Å². The highest BCUT2D eigenvalue weighted by atomic mass is 32.1. The van der Waals surface area contributed by atoms with Crippen molar-refractivity contribution in [3.05, 3.63) is 48.0 Å². The summed E-state index contributed by atoms with van der Waals surface area (Å²) in [7, 11) is 0. The molecule has 2 saturated heterocycles. The van der Waals surface area contributed by atoms with Gasteiger partial charge < -0.3 is 14.5 Å². The number of piperazine rings is 1. The molecule has 2 aliphatic rings. The summed E-state index contributed by atoms with van der Waals surface area (Å²) in [5.74, 6) is 0.354. The number of rotatable bonds is 5. The van der Waals surface area contributed by atoms with Gasteiger partial charge in [-0.1, -0.05) is 17.4 Å². The lowest BCUT2D eigenvalue weighted by atomic mass is 10.1. The molecule has 0 bridgehead atoms. The highest BCUT2D eigenvalue weighted by Crippen LogP contribution is 2.34. The Morgan fingerprint density at radius 1 is 1.00 bits per heavy atom. The Kier molecular flexibility index (Phi) is 5.72. The van der Waals surface area contributed by atoms with Crippen LogP contribution in [0.1, 0.15) is 30.1 Å². The van der Waals surface area contributed by atoms with Crippen LogP contribution in [0.15, 0.2) is 42.5 Å². The van der Waals surface area contributed by atoms with E-state index in [1.165, 1.54) is 4.90 Å². The normalized spacial score (nSPS) is 16.7. The second kappa shape index (κ2) is 8.82. The van der Waals surface area contributed by atoms with E-state index in [0.717, 1.165) is 21.1 Å². The van der Waals surface area contributed by atoms with E-state index in [1.54, 1.807) is 35.6 Å². The van der Waals surface area contributed by atoms with E-state index in [1.807, 2.05) is 30.0 Å². The number of fused-ring (bicyclic) bond motifs is 1. The molecule has 2 aliphatic heterocycles. The minimum absolute atomic E-state index is 0.0526. The zero-order valence-electron chi connectivity index (χ0n) is 18.3. The van der Waals surface area contributed by atoms with Gasteiger partial charge in [0.2, 0.25) is 11.8 Å². The Morgan fingerprint density at radius 3 is 2.36 bits per heavy atom. The molecule has 8 nitrogen and oxygen atoms in total. The Bertz CT molecular complexity index is 1200. The molecule has 0 spiro atoms. The molecule has 3 heterocycles. The van der Waals surface area contributed by atoms with E-state index in [4.69, 9.17) is 9.72 Å². The summed E-state index contributed by atoms with van der Waals surface area (Å²) >= 11 is 1.64. The number of benzene rings is 2. The number of carbonyl (C=O) groups is 3. The number of amides is 3. The Balaban J connectivity index is 1.24. The van der Waals surface area contributed by atoms with Crippen molar-refractivity contribution in [3.63, 3.8) is 0 Å². The van der Waals surface area contributed by atoms with Gasteiger partial charge in [0.05, 0.1) is 17.0 Å². The second-order valence-electron chi connectivity index (χ2n) is 7.98. The summed E-state index contributed by atoms with van der Waals surface area (Å²) in [4.78, 5) is 46.9. The fourth-order valence-electron chi connectivity index (χ4n) is 4.22. The molecule has 5 rings (SSSR count). The summed E-state index contributed by atoms with van der Waals surface area (Å²) < 4.78 is 6.79.